The van der Waals surface area contributed by atoms with E-state index in [0.29, 0.717) is 12.8 Å². The van der Waals surface area contributed by atoms with Gasteiger partial charge in [0.1, 0.15) is 0 Å². The maximum atomic E-state index is 11.8. The Balaban J connectivity index is 2.12. The molecule has 3 nitrogen and oxygen atoms in total. The third-order valence-electron chi connectivity index (χ3n) is 3.56. The largest absolute Gasteiger partial charge is 0.430 e. The molecule has 18 heavy (non-hydrogen) atoms. The van der Waals surface area contributed by atoms with Crippen LogP contribution in [0.2, 0.25) is 0 Å². The minimum absolute atomic E-state index is 0.165. The van der Waals surface area contributed by atoms with Crippen molar-refractivity contribution in [3.8, 4) is 0 Å². The van der Waals surface area contributed by atoms with Crippen molar-refractivity contribution in [2.24, 2.45) is 0 Å². The fourth-order valence-electron chi connectivity index (χ4n) is 2.69. The van der Waals surface area contributed by atoms with Crippen molar-refractivity contribution in [2.75, 3.05) is 0 Å². The molecule has 6 heteroatoms. The molecule has 0 aromatic heterocycles. The first-order valence-corrected chi connectivity index (χ1v) is 7.53. The van der Waals surface area contributed by atoms with Gasteiger partial charge >= 0.3 is 5.97 Å². The lowest BCUT2D eigenvalue weighted by molar-refractivity contribution is -0.247. The third kappa shape index (κ3) is 3.66. The van der Waals surface area contributed by atoms with E-state index in [1.807, 2.05) is 0 Å². The Morgan fingerprint density at radius 1 is 1.11 bits per heavy atom. The molecule has 2 aliphatic rings. The zero-order valence-corrected chi connectivity index (χ0v) is 12.4. The van der Waals surface area contributed by atoms with Crippen LogP contribution >= 0.6 is 34.8 Å². The van der Waals surface area contributed by atoms with Crippen LogP contribution in [0.1, 0.15) is 51.4 Å². The van der Waals surface area contributed by atoms with Gasteiger partial charge in [0.2, 0.25) is 5.79 Å². The maximum absolute atomic E-state index is 11.8. The summed E-state index contributed by atoms with van der Waals surface area (Å²) in [7, 11) is 0. The SMILES string of the molecule is O=C(OC12CCCCC(CCCC1)O2)C(Cl)(Cl)Cl. The van der Waals surface area contributed by atoms with Gasteiger partial charge in [-0.3, -0.25) is 0 Å². The number of esters is 1. The van der Waals surface area contributed by atoms with Gasteiger partial charge in [0, 0.05) is 12.8 Å². The van der Waals surface area contributed by atoms with Crippen molar-refractivity contribution in [1.82, 2.24) is 0 Å². The van der Waals surface area contributed by atoms with Gasteiger partial charge in [-0.2, -0.15) is 0 Å². The standard InChI is InChI=1S/C12H17Cl3O3/c13-12(14,15)10(16)18-11-7-3-1-5-9(17-11)6-2-4-8-11/h9H,1-8H2. The first kappa shape index (κ1) is 14.7. The van der Waals surface area contributed by atoms with E-state index in [1.54, 1.807) is 0 Å². The van der Waals surface area contributed by atoms with Gasteiger partial charge in [0.25, 0.3) is 3.79 Å². The summed E-state index contributed by atoms with van der Waals surface area (Å²) in [5.74, 6) is -1.71. The van der Waals surface area contributed by atoms with Gasteiger partial charge in [-0.25, -0.2) is 4.79 Å². The summed E-state index contributed by atoms with van der Waals surface area (Å²) >= 11 is 16.7. The molecule has 2 fully saturated rings. The van der Waals surface area contributed by atoms with Crippen LogP contribution in [0.15, 0.2) is 0 Å². The van der Waals surface area contributed by atoms with Crippen molar-refractivity contribution in [1.29, 1.82) is 0 Å². The van der Waals surface area contributed by atoms with Crippen LogP contribution in [0, 0.1) is 0 Å². The topological polar surface area (TPSA) is 35.5 Å². The molecule has 0 amide bonds. The number of hydrogen-bond acceptors (Lipinski definition) is 3. The molecule has 0 unspecified atom stereocenters. The quantitative estimate of drug-likeness (QED) is 0.539. The molecule has 2 saturated heterocycles. The summed E-state index contributed by atoms with van der Waals surface area (Å²) in [5.41, 5.74) is 0. The highest BCUT2D eigenvalue weighted by Gasteiger charge is 2.45. The average Bonchev–Trinajstić information content (AvgIpc) is 2.59. The third-order valence-corrected chi connectivity index (χ3v) is 4.02. The molecule has 0 N–H and O–H groups in total. The number of alkyl halides is 3. The maximum Gasteiger partial charge on any atom is 0.361 e. The molecule has 0 aliphatic carbocycles. The number of hydrogen-bond donors (Lipinski definition) is 0. The Bertz CT molecular complexity index is 302. The normalized spacial score (nSPS) is 33.4. The van der Waals surface area contributed by atoms with Crippen molar-refractivity contribution in [3.63, 3.8) is 0 Å². The summed E-state index contributed by atoms with van der Waals surface area (Å²) < 4.78 is 9.39. The molecule has 104 valence electrons. The second kappa shape index (κ2) is 5.74. The Morgan fingerprint density at radius 2 is 1.67 bits per heavy atom. The van der Waals surface area contributed by atoms with Crippen LogP contribution in [-0.2, 0) is 14.3 Å². The molecule has 2 aliphatic heterocycles. The predicted molar refractivity (Wildman–Crippen MR) is 70.9 cm³/mol. The smallest absolute Gasteiger partial charge is 0.361 e. The lowest BCUT2D eigenvalue weighted by Gasteiger charge is -2.33. The van der Waals surface area contributed by atoms with E-state index in [4.69, 9.17) is 44.3 Å². The van der Waals surface area contributed by atoms with Gasteiger partial charge in [-0.15, -0.1) is 0 Å². The first-order valence-electron chi connectivity index (χ1n) is 6.39. The second-order valence-corrected chi connectivity index (χ2v) is 7.31. The summed E-state index contributed by atoms with van der Waals surface area (Å²) in [6, 6.07) is 0. The Hall–Kier alpha value is 0.300. The highest BCUT2D eigenvalue weighted by molar-refractivity contribution is 6.75. The lowest BCUT2D eigenvalue weighted by Crippen LogP contribution is -2.42. The molecule has 0 saturated carbocycles. The molecule has 2 bridgehead atoms. The fourth-order valence-corrected chi connectivity index (χ4v) is 2.81. The van der Waals surface area contributed by atoms with Gasteiger partial charge < -0.3 is 9.47 Å². The number of ether oxygens (including phenoxy) is 2. The highest BCUT2D eigenvalue weighted by atomic mass is 35.6. The van der Waals surface area contributed by atoms with Crippen molar-refractivity contribution in [2.45, 2.75) is 67.1 Å². The van der Waals surface area contributed by atoms with E-state index < -0.39 is 15.5 Å². The van der Waals surface area contributed by atoms with Crippen LogP contribution in [0.4, 0.5) is 0 Å². The van der Waals surface area contributed by atoms with Crippen molar-refractivity contribution in [3.05, 3.63) is 0 Å². The highest BCUT2D eigenvalue weighted by Crippen LogP contribution is 2.40. The summed E-state index contributed by atoms with van der Waals surface area (Å²) in [6.07, 6.45) is 7.73. The van der Waals surface area contributed by atoms with E-state index in [2.05, 4.69) is 0 Å². The second-order valence-electron chi connectivity index (χ2n) is 5.03. The zero-order valence-electron chi connectivity index (χ0n) is 10.1. The number of carbonyl (C=O) groups excluding carboxylic acids is 1. The number of halogens is 3. The van der Waals surface area contributed by atoms with Crippen molar-refractivity contribution < 1.29 is 14.3 Å². The Morgan fingerprint density at radius 3 is 2.17 bits per heavy atom. The summed E-state index contributed by atoms with van der Waals surface area (Å²) in [5, 5.41) is 0. The van der Waals surface area contributed by atoms with Gasteiger partial charge in [-0.05, 0) is 25.7 Å². The van der Waals surface area contributed by atoms with Crippen LogP contribution in [-0.4, -0.2) is 21.7 Å². The van der Waals surface area contributed by atoms with Crippen LogP contribution in [0.25, 0.3) is 0 Å². The molecular formula is C12H17Cl3O3. The monoisotopic (exact) mass is 314 g/mol. The molecule has 0 spiro atoms. The predicted octanol–water partition coefficient (Wildman–Crippen LogP) is 4.13. The average molecular weight is 316 g/mol. The Labute approximate surface area is 122 Å². The molecule has 2 rings (SSSR count). The molecule has 2 heterocycles. The fraction of sp³-hybridized carbons (Fsp3) is 0.917. The molecule has 0 radical (unpaired) electrons. The van der Waals surface area contributed by atoms with Gasteiger partial charge in [-0.1, -0.05) is 47.6 Å². The molecule has 0 atom stereocenters. The van der Waals surface area contributed by atoms with Gasteiger partial charge in [0.05, 0.1) is 6.10 Å². The zero-order chi connectivity index (χ0) is 13.2. The summed E-state index contributed by atoms with van der Waals surface area (Å²) in [6.45, 7) is 0. The van der Waals surface area contributed by atoms with E-state index >= 15 is 0 Å². The number of carbonyl (C=O) groups is 1. The van der Waals surface area contributed by atoms with Crippen LogP contribution in [0.3, 0.4) is 0 Å². The number of rotatable bonds is 1. The molecule has 0 aromatic rings. The Kier molecular flexibility index (Phi) is 4.69. The van der Waals surface area contributed by atoms with E-state index in [9.17, 15) is 4.79 Å². The molecular weight excluding hydrogens is 298 g/mol. The molecule has 0 aromatic carbocycles. The van der Waals surface area contributed by atoms with Gasteiger partial charge in [0.15, 0.2) is 0 Å². The lowest BCUT2D eigenvalue weighted by atomic mass is 9.99. The van der Waals surface area contributed by atoms with Crippen LogP contribution in [0.5, 0.6) is 0 Å². The number of fused-ring (bicyclic) bond motifs is 2. The first-order chi connectivity index (χ1) is 8.41. The minimum Gasteiger partial charge on any atom is -0.430 e. The minimum atomic E-state index is -2.04. The van der Waals surface area contributed by atoms with E-state index in [0.717, 1.165) is 38.5 Å². The van der Waals surface area contributed by atoms with Crippen molar-refractivity contribution >= 4 is 40.8 Å². The summed E-state index contributed by atoms with van der Waals surface area (Å²) in [4.78, 5) is 11.8. The van der Waals surface area contributed by atoms with Crippen LogP contribution < -0.4 is 0 Å². The van der Waals surface area contributed by atoms with E-state index in [1.165, 1.54) is 0 Å². The van der Waals surface area contributed by atoms with E-state index in [-0.39, 0.29) is 6.10 Å².